The second kappa shape index (κ2) is 8.19. The zero-order valence-corrected chi connectivity index (χ0v) is 18.5. The van der Waals surface area contributed by atoms with E-state index in [1.165, 1.54) is 6.07 Å². The number of nitrogens with zero attached hydrogens (tertiary/aromatic N) is 3. The maximum Gasteiger partial charge on any atom is 0.158 e. The van der Waals surface area contributed by atoms with E-state index in [4.69, 9.17) is 11.6 Å². The number of aromatic hydroxyl groups is 1. The molecular weight excluding hydrogens is 427 g/mol. The fraction of sp³-hybridized carbons (Fsp3) is 0.280. The Morgan fingerprint density at radius 3 is 2.59 bits per heavy atom. The molecule has 2 saturated heterocycles. The van der Waals surface area contributed by atoms with Crippen LogP contribution in [0.3, 0.4) is 0 Å². The number of likely N-dealkylation sites (tertiary alicyclic amines) is 1. The van der Waals surface area contributed by atoms with E-state index in [1.54, 1.807) is 19.2 Å². The molecule has 2 N–H and O–H groups in total. The summed E-state index contributed by atoms with van der Waals surface area (Å²) in [5.74, 6) is 0.134. The maximum absolute atomic E-state index is 16.0. The number of piperazine rings is 1. The van der Waals surface area contributed by atoms with Crippen molar-refractivity contribution in [3.05, 3.63) is 58.9 Å². The first-order valence-corrected chi connectivity index (χ1v) is 11.1. The van der Waals surface area contributed by atoms with Gasteiger partial charge in [0, 0.05) is 43.3 Å². The predicted octanol–water partition coefficient (Wildman–Crippen LogP) is 5.15. The Morgan fingerprint density at radius 1 is 1.19 bits per heavy atom. The van der Waals surface area contributed by atoms with Crippen LogP contribution in [-0.2, 0) is 0 Å². The van der Waals surface area contributed by atoms with Crippen molar-refractivity contribution in [2.45, 2.75) is 24.9 Å². The van der Waals surface area contributed by atoms with Crippen LogP contribution in [-0.4, -0.2) is 54.8 Å². The molecule has 0 saturated carbocycles. The lowest BCUT2D eigenvalue weighted by molar-refractivity contribution is 0.289. The predicted molar refractivity (Wildman–Crippen MR) is 129 cm³/mol. The van der Waals surface area contributed by atoms with Crippen LogP contribution in [0.1, 0.15) is 18.4 Å². The van der Waals surface area contributed by atoms with Crippen molar-refractivity contribution in [2.24, 2.45) is 9.98 Å². The topological polar surface area (TPSA) is 60.2 Å². The molecule has 2 aliphatic rings. The first-order chi connectivity index (χ1) is 15.5. The number of hydrogen-bond donors (Lipinski definition) is 2. The van der Waals surface area contributed by atoms with Gasteiger partial charge in [0.2, 0.25) is 0 Å². The molecule has 5 nitrogen and oxygen atoms in total. The van der Waals surface area contributed by atoms with Crippen molar-refractivity contribution in [2.75, 3.05) is 20.1 Å². The molecule has 0 radical (unpaired) electrons. The summed E-state index contributed by atoms with van der Waals surface area (Å²) < 4.78 is 16.0. The molecule has 7 heteroatoms. The average molecular weight is 451 g/mol. The monoisotopic (exact) mass is 450 g/mol. The largest absolute Gasteiger partial charge is 0.508 e. The smallest absolute Gasteiger partial charge is 0.158 e. The molecule has 0 aliphatic carbocycles. The van der Waals surface area contributed by atoms with E-state index >= 15 is 4.39 Å². The lowest BCUT2D eigenvalue weighted by Gasteiger charge is -2.35. The highest BCUT2D eigenvalue weighted by Gasteiger charge is 2.35. The van der Waals surface area contributed by atoms with E-state index in [9.17, 15) is 5.11 Å². The lowest BCUT2D eigenvalue weighted by Crippen LogP contribution is -2.53. The van der Waals surface area contributed by atoms with Crippen LogP contribution in [0.25, 0.3) is 21.9 Å². The highest BCUT2D eigenvalue weighted by Crippen LogP contribution is 2.43. The van der Waals surface area contributed by atoms with E-state index in [0.717, 1.165) is 36.7 Å². The molecular formula is C25H24ClFN4O. The molecule has 0 aromatic heterocycles. The number of fused-ring (bicyclic) bond motifs is 3. The van der Waals surface area contributed by atoms with Gasteiger partial charge >= 0.3 is 0 Å². The van der Waals surface area contributed by atoms with Gasteiger partial charge in [0.1, 0.15) is 17.3 Å². The number of halogens is 2. The first kappa shape index (κ1) is 20.9. The number of phenols is 1. The van der Waals surface area contributed by atoms with Gasteiger partial charge in [0.25, 0.3) is 0 Å². The lowest BCUT2D eigenvalue weighted by atomic mass is 9.95. The van der Waals surface area contributed by atoms with E-state index in [-0.39, 0.29) is 22.0 Å². The van der Waals surface area contributed by atoms with Crippen LogP contribution in [0.5, 0.6) is 5.75 Å². The molecule has 2 heterocycles. The number of hydrogen-bond acceptors (Lipinski definition) is 4. The molecule has 3 aromatic carbocycles. The van der Waals surface area contributed by atoms with Gasteiger partial charge < -0.3 is 15.3 Å². The minimum Gasteiger partial charge on any atom is -0.508 e. The van der Waals surface area contributed by atoms with Gasteiger partial charge in [-0.1, -0.05) is 35.9 Å². The summed E-state index contributed by atoms with van der Waals surface area (Å²) in [5, 5.41) is 15.7. The Morgan fingerprint density at radius 2 is 1.91 bits per heavy atom. The Kier molecular flexibility index (Phi) is 5.35. The second-order valence-corrected chi connectivity index (χ2v) is 8.81. The summed E-state index contributed by atoms with van der Waals surface area (Å²) in [4.78, 5) is 10.7. The zero-order chi connectivity index (χ0) is 22.4. The molecule has 0 amide bonds. The maximum atomic E-state index is 16.0. The Bertz CT molecular complexity index is 1250. The van der Waals surface area contributed by atoms with Crippen LogP contribution < -0.4 is 5.32 Å². The molecule has 2 fully saturated rings. The molecule has 5 rings (SSSR count). The van der Waals surface area contributed by atoms with Crippen LogP contribution in [0.15, 0.2) is 52.4 Å². The van der Waals surface area contributed by atoms with Gasteiger partial charge in [-0.25, -0.2) is 4.39 Å². The molecule has 2 unspecified atom stereocenters. The van der Waals surface area contributed by atoms with Gasteiger partial charge in [-0.3, -0.25) is 9.98 Å². The zero-order valence-electron chi connectivity index (χ0n) is 17.8. The fourth-order valence-corrected chi connectivity index (χ4v) is 5.38. The van der Waals surface area contributed by atoms with Gasteiger partial charge in [0.05, 0.1) is 5.02 Å². The molecule has 2 atom stereocenters. The van der Waals surface area contributed by atoms with Crippen molar-refractivity contribution >= 4 is 40.6 Å². The summed E-state index contributed by atoms with van der Waals surface area (Å²) in [7, 11) is 1.70. The quantitative estimate of drug-likeness (QED) is 0.428. The normalized spacial score (nSPS) is 20.7. The van der Waals surface area contributed by atoms with Gasteiger partial charge in [-0.15, -0.1) is 0 Å². The Balaban J connectivity index is 1.67. The van der Waals surface area contributed by atoms with Crippen molar-refractivity contribution in [1.82, 2.24) is 10.2 Å². The number of phenolic OH excluding ortho intramolecular Hbond substituents is 1. The van der Waals surface area contributed by atoms with Gasteiger partial charge in [-0.05, 0) is 54.1 Å². The van der Waals surface area contributed by atoms with E-state index in [1.807, 2.05) is 24.3 Å². The summed E-state index contributed by atoms with van der Waals surface area (Å²) in [6.45, 7) is 5.24. The third-order valence-corrected chi connectivity index (χ3v) is 6.73. The molecule has 2 bridgehead atoms. The standard InChI is InChI=1S/C25H24ClFN4O/c1-28-24-20(25(29-2)31-12-15-7-8-16(13-31)30-15)11-21(26)22(23(24)27)19-10-17(32)9-14-5-3-4-6-18(14)19/h3-6,9-11,15-16,30,32H,1,7-8,12-13H2,2H3/b29-25+. The molecule has 3 aromatic rings. The summed E-state index contributed by atoms with van der Waals surface area (Å²) >= 11 is 6.69. The van der Waals surface area contributed by atoms with Crippen molar-refractivity contribution in [3.8, 4) is 16.9 Å². The number of nitrogens with one attached hydrogen (secondary N) is 1. The number of aliphatic imine (C=N–C) groups is 2. The summed E-state index contributed by atoms with van der Waals surface area (Å²) in [6, 6.07) is 13.2. The minimum absolute atomic E-state index is 0.0402. The Hall–Kier alpha value is -2.96. The third kappa shape index (κ3) is 3.44. The van der Waals surface area contributed by atoms with E-state index in [2.05, 4.69) is 26.9 Å². The fourth-order valence-electron chi connectivity index (χ4n) is 5.08. The third-order valence-electron chi connectivity index (χ3n) is 6.44. The van der Waals surface area contributed by atoms with Crippen LogP contribution in [0.4, 0.5) is 10.1 Å². The van der Waals surface area contributed by atoms with E-state index < -0.39 is 5.82 Å². The van der Waals surface area contributed by atoms with Crippen molar-refractivity contribution < 1.29 is 9.50 Å². The van der Waals surface area contributed by atoms with Crippen LogP contribution in [0, 0.1) is 5.82 Å². The SMILES string of the molecule is C=Nc1c(/C(=N\C)N2CC3CCC(C2)N3)cc(Cl)c(-c2cc(O)cc3ccccc23)c1F. The van der Waals surface area contributed by atoms with Crippen molar-refractivity contribution in [1.29, 1.82) is 0 Å². The van der Waals surface area contributed by atoms with Gasteiger partial charge in [0.15, 0.2) is 5.82 Å². The first-order valence-electron chi connectivity index (χ1n) is 10.7. The highest BCUT2D eigenvalue weighted by molar-refractivity contribution is 6.34. The summed E-state index contributed by atoms with van der Waals surface area (Å²) in [6.07, 6.45) is 2.26. The second-order valence-electron chi connectivity index (χ2n) is 8.41. The highest BCUT2D eigenvalue weighted by atomic mass is 35.5. The molecule has 0 spiro atoms. The van der Waals surface area contributed by atoms with Crippen LogP contribution >= 0.6 is 11.6 Å². The van der Waals surface area contributed by atoms with Crippen LogP contribution in [0.2, 0.25) is 5.02 Å². The van der Waals surface area contributed by atoms with Crippen molar-refractivity contribution in [3.63, 3.8) is 0 Å². The Labute approximate surface area is 191 Å². The molecule has 2 aliphatic heterocycles. The average Bonchev–Trinajstić information content (AvgIpc) is 3.12. The number of amidine groups is 1. The van der Waals surface area contributed by atoms with Gasteiger partial charge in [-0.2, -0.15) is 0 Å². The number of rotatable bonds is 3. The number of benzene rings is 3. The molecule has 32 heavy (non-hydrogen) atoms. The summed E-state index contributed by atoms with van der Waals surface area (Å²) in [5.41, 5.74) is 1.35. The minimum atomic E-state index is -0.572. The van der Waals surface area contributed by atoms with E-state index in [0.29, 0.717) is 29.0 Å². The molecule has 164 valence electrons.